The maximum absolute atomic E-state index is 12.9. The molecule has 0 amide bonds. The first-order valence-electron chi connectivity index (χ1n) is 6.23. The van der Waals surface area contributed by atoms with Crippen molar-refractivity contribution in [3.05, 3.63) is 58.6 Å². The molecule has 3 rings (SSSR count). The lowest BCUT2D eigenvalue weighted by Crippen LogP contribution is -2.10. The minimum absolute atomic E-state index is 0.0187. The molecule has 112 valence electrons. The van der Waals surface area contributed by atoms with E-state index in [0.717, 1.165) is 6.07 Å². The van der Waals surface area contributed by atoms with Crippen molar-refractivity contribution in [3.63, 3.8) is 0 Å². The van der Waals surface area contributed by atoms with E-state index in [2.05, 4.69) is 20.3 Å². The first-order valence-corrected chi connectivity index (χ1v) is 6.23. The largest absolute Gasteiger partial charge is 0.418 e. The van der Waals surface area contributed by atoms with Gasteiger partial charge in [-0.05, 0) is 18.2 Å². The van der Waals surface area contributed by atoms with Gasteiger partial charge in [0.25, 0.3) is 5.56 Å². The molecule has 2 heterocycles. The lowest BCUT2D eigenvalue weighted by Gasteiger charge is -2.13. The monoisotopic (exact) mass is 306 g/mol. The van der Waals surface area contributed by atoms with Crippen molar-refractivity contribution in [2.45, 2.75) is 6.18 Å². The number of aromatic amines is 1. The Bertz CT molecular complexity index is 889. The van der Waals surface area contributed by atoms with Gasteiger partial charge in [-0.25, -0.2) is 9.97 Å². The molecule has 8 heteroatoms. The Morgan fingerprint density at radius 3 is 2.68 bits per heavy atom. The Labute approximate surface area is 121 Å². The third-order valence-electron chi connectivity index (χ3n) is 3.00. The second kappa shape index (κ2) is 5.14. The summed E-state index contributed by atoms with van der Waals surface area (Å²) in [6, 6.07) is 6.57. The van der Waals surface area contributed by atoms with Gasteiger partial charge in [-0.3, -0.25) is 4.79 Å². The van der Waals surface area contributed by atoms with E-state index < -0.39 is 11.7 Å². The van der Waals surface area contributed by atoms with Crippen LogP contribution >= 0.6 is 0 Å². The summed E-state index contributed by atoms with van der Waals surface area (Å²) in [5.41, 5.74) is -0.991. The molecule has 0 atom stereocenters. The number of halogens is 3. The van der Waals surface area contributed by atoms with E-state index in [1.807, 2.05) is 0 Å². The van der Waals surface area contributed by atoms with E-state index in [0.29, 0.717) is 5.52 Å². The van der Waals surface area contributed by atoms with Gasteiger partial charge in [0.15, 0.2) is 0 Å². The summed E-state index contributed by atoms with van der Waals surface area (Å²) in [6.07, 6.45) is -1.82. The first-order chi connectivity index (χ1) is 10.4. The van der Waals surface area contributed by atoms with Gasteiger partial charge in [0.05, 0.1) is 22.2 Å². The van der Waals surface area contributed by atoms with Crippen molar-refractivity contribution >= 4 is 22.5 Å². The van der Waals surface area contributed by atoms with Crippen LogP contribution in [-0.2, 0) is 6.18 Å². The molecular formula is C14H9F3N4O. The summed E-state index contributed by atoms with van der Waals surface area (Å²) >= 11 is 0. The second-order valence-electron chi connectivity index (χ2n) is 4.47. The normalized spacial score (nSPS) is 11.6. The zero-order valence-electron chi connectivity index (χ0n) is 11.0. The van der Waals surface area contributed by atoms with Crippen LogP contribution in [0.15, 0.2) is 47.5 Å². The van der Waals surface area contributed by atoms with E-state index >= 15 is 0 Å². The number of H-pyrrole nitrogens is 1. The smallest absolute Gasteiger partial charge is 0.328 e. The Kier molecular flexibility index (Phi) is 3.28. The number of hydrogen-bond donors (Lipinski definition) is 2. The zero-order valence-corrected chi connectivity index (χ0v) is 11.0. The molecule has 0 aliphatic carbocycles. The third kappa shape index (κ3) is 2.62. The predicted octanol–water partition coefficient (Wildman–Crippen LogP) is 3.08. The SMILES string of the molecule is O=c1[nH]ccc2nc(Nc3ccccc3C(F)(F)F)ncc12. The van der Waals surface area contributed by atoms with E-state index in [1.54, 1.807) is 6.07 Å². The number of rotatable bonds is 2. The lowest BCUT2D eigenvalue weighted by atomic mass is 10.1. The number of nitrogens with one attached hydrogen (secondary N) is 2. The highest BCUT2D eigenvalue weighted by atomic mass is 19.4. The molecule has 0 aliphatic heterocycles. The molecule has 2 aromatic heterocycles. The Balaban J connectivity index is 2.03. The highest BCUT2D eigenvalue weighted by Crippen LogP contribution is 2.35. The van der Waals surface area contributed by atoms with Crippen molar-refractivity contribution in [2.24, 2.45) is 0 Å². The lowest BCUT2D eigenvalue weighted by molar-refractivity contribution is -0.136. The van der Waals surface area contributed by atoms with Crippen LogP contribution in [0.3, 0.4) is 0 Å². The van der Waals surface area contributed by atoms with Gasteiger partial charge >= 0.3 is 6.18 Å². The van der Waals surface area contributed by atoms with Crippen LogP contribution in [-0.4, -0.2) is 15.0 Å². The standard InChI is InChI=1S/C14H9F3N4O/c15-14(16,17)9-3-1-2-4-11(9)21-13-19-7-8-10(20-13)5-6-18-12(8)22/h1-7H,(H,18,22)(H,19,20,21). The molecule has 0 aliphatic rings. The fourth-order valence-electron chi connectivity index (χ4n) is 1.99. The molecule has 0 radical (unpaired) electrons. The minimum Gasteiger partial charge on any atom is -0.328 e. The summed E-state index contributed by atoms with van der Waals surface area (Å²) < 4.78 is 38.8. The first kappa shape index (κ1) is 14.1. The summed E-state index contributed by atoms with van der Waals surface area (Å²) in [7, 11) is 0. The van der Waals surface area contributed by atoms with Crippen molar-refractivity contribution in [1.29, 1.82) is 0 Å². The predicted molar refractivity (Wildman–Crippen MR) is 74.9 cm³/mol. The molecule has 0 saturated carbocycles. The van der Waals surface area contributed by atoms with Crippen LogP contribution in [0.1, 0.15) is 5.56 Å². The maximum Gasteiger partial charge on any atom is 0.418 e. The number of nitrogens with zero attached hydrogens (tertiary/aromatic N) is 2. The van der Waals surface area contributed by atoms with Crippen LogP contribution in [0.5, 0.6) is 0 Å². The molecule has 22 heavy (non-hydrogen) atoms. The van der Waals surface area contributed by atoms with Gasteiger partial charge in [0, 0.05) is 12.4 Å². The van der Waals surface area contributed by atoms with E-state index in [4.69, 9.17) is 0 Å². The number of hydrogen-bond acceptors (Lipinski definition) is 4. The van der Waals surface area contributed by atoms with Crippen LogP contribution < -0.4 is 10.9 Å². The number of aromatic nitrogens is 3. The fraction of sp³-hybridized carbons (Fsp3) is 0.0714. The molecular weight excluding hydrogens is 297 g/mol. The highest BCUT2D eigenvalue weighted by molar-refractivity contribution is 5.77. The third-order valence-corrected chi connectivity index (χ3v) is 3.00. The van der Waals surface area contributed by atoms with Gasteiger partial charge < -0.3 is 10.3 Å². The van der Waals surface area contributed by atoms with Crippen LogP contribution in [0.25, 0.3) is 10.9 Å². The summed E-state index contributed by atoms with van der Waals surface area (Å²) in [4.78, 5) is 21.9. The fourth-order valence-corrected chi connectivity index (χ4v) is 1.99. The molecule has 3 aromatic rings. The minimum atomic E-state index is -4.49. The number of para-hydroxylation sites is 1. The van der Waals surface area contributed by atoms with Gasteiger partial charge in [-0.15, -0.1) is 0 Å². The topological polar surface area (TPSA) is 70.7 Å². The number of fused-ring (bicyclic) bond motifs is 1. The molecule has 0 saturated heterocycles. The molecule has 0 bridgehead atoms. The number of benzene rings is 1. The Morgan fingerprint density at radius 2 is 1.91 bits per heavy atom. The Hall–Kier alpha value is -2.90. The van der Waals surface area contributed by atoms with E-state index in [9.17, 15) is 18.0 Å². The molecule has 5 nitrogen and oxygen atoms in total. The van der Waals surface area contributed by atoms with Crippen molar-refractivity contribution < 1.29 is 13.2 Å². The second-order valence-corrected chi connectivity index (χ2v) is 4.47. The van der Waals surface area contributed by atoms with Gasteiger partial charge in [-0.1, -0.05) is 12.1 Å². The van der Waals surface area contributed by atoms with Crippen LogP contribution in [0.4, 0.5) is 24.8 Å². The zero-order chi connectivity index (χ0) is 15.7. The highest BCUT2D eigenvalue weighted by Gasteiger charge is 2.33. The Morgan fingerprint density at radius 1 is 1.14 bits per heavy atom. The van der Waals surface area contributed by atoms with Crippen molar-refractivity contribution in [2.75, 3.05) is 5.32 Å². The quantitative estimate of drug-likeness (QED) is 0.763. The number of anilines is 2. The van der Waals surface area contributed by atoms with Gasteiger partial charge in [-0.2, -0.15) is 13.2 Å². The molecule has 0 spiro atoms. The van der Waals surface area contributed by atoms with Crippen LogP contribution in [0.2, 0.25) is 0 Å². The van der Waals surface area contributed by atoms with E-state index in [-0.39, 0.29) is 22.6 Å². The summed E-state index contributed by atoms with van der Waals surface area (Å²) in [5.74, 6) is -0.0187. The summed E-state index contributed by atoms with van der Waals surface area (Å²) in [5, 5.41) is 2.80. The van der Waals surface area contributed by atoms with Crippen LogP contribution in [0, 0.1) is 0 Å². The molecule has 2 N–H and O–H groups in total. The summed E-state index contributed by atoms with van der Waals surface area (Å²) in [6.45, 7) is 0. The number of pyridine rings is 1. The molecule has 0 fully saturated rings. The average Bonchev–Trinajstić information content (AvgIpc) is 2.47. The number of alkyl halides is 3. The van der Waals surface area contributed by atoms with Crippen molar-refractivity contribution in [3.8, 4) is 0 Å². The van der Waals surface area contributed by atoms with Gasteiger partial charge in [0.1, 0.15) is 0 Å². The van der Waals surface area contributed by atoms with Crippen molar-refractivity contribution in [1.82, 2.24) is 15.0 Å². The van der Waals surface area contributed by atoms with E-state index in [1.165, 1.54) is 30.6 Å². The molecule has 0 unspecified atom stereocenters. The average molecular weight is 306 g/mol. The maximum atomic E-state index is 12.9. The van der Waals surface area contributed by atoms with Gasteiger partial charge in [0.2, 0.25) is 5.95 Å². The molecule has 1 aromatic carbocycles.